The summed E-state index contributed by atoms with van der Waals surface area (Å²) in [7, 11) is -1.51. The summed E-state index contributed by atoms with van der Waals surface area (Å²) in [6, 6.07) is 18.3. The quantitative estimate of drug-likeness (QED) is 0.737. The minimum absolute atomic E-state index is 1.12. The van der Waals surface area contributed by atoms with Gasteiger partial charge >= 0.3 is 0 Å². The van der Waals surface area contributed by atoms with Crippen LogP contribution in [0.1, 0.15) is 18.1 Å². The topological polar surface area (TPSA) is 0 Å². The normalized spacial score (nSPS) is 11.6. The molecule has 1 heteroatoms. The van der Waals surface area contributed by atoms with Crippen molar-refractivity contribution in [1.82, 2.24) is 0 Å². The Morgan fingerprint density at radius 3 is 1.67 bits per heavy atom. The lowest BCUT2D eigenvalue weighted by molar-refractivity contribution is 1.14. The van der Waals surface area contributed by atoms with E-state index in [1.807, 2.05) is 0 Å². The first kappa shape index (κ1) is 13.1. The first-order chi connectivity index (χ1) is 8.54. The molecule has 0 aliphatic carbocycles. The average Bonchev–Trinajstić information content (AvgIpc) is 2.39. The molecular weight excluding hydrogens is 232 g/mol. The molecule has 0 aromatic heterocycles. The molecule has 0 amide bonds. The number of hydrogen-bond acceptors (Lipinski definition) is 0. The largest absolute Gasteiger partial charge is 0.112 e. The van der Waals surface area contributed by atoms with Crippen LogP contribution in [0.25, 0.3) is 0 Å². The van der Waals surface area contributed by atoms with E-state index in [-0.39, 0.29) is 0 Å². The van der Waals surface area contributed by atoms with Gasteiger partial charge in [0.15, 0.2) is 0 Å². The minimum Gasteiger partial charge on any atom is -0.0623 e. The minimum atomic E-state index is -1.51. The summed E-state index contributed by atoms with van der Waals surface area (Å²) in [5, 5.41) is 3.03. The van der Waals surface area contributed by atoms with Crippen molar-refractivity contribution in [2.24, 2.45) is 0 Å². The fourth-order valence-corrected chi connectivity index (χ4v) is 4.63. The number of hydrogen-bond donors (Lipinski definition) is 0. The maximum absolute atomic E-state index is 2.43. The van der Waals surface area contributed by atoms with Crippen LogP contribution < -0.4 is 10.4 Å². The van der Waals surface area contributed by atoms with Gasteiger partial charge in [-0.05, 0) is 18.9 Å². The molecule has 0 atom stereocenters. The number of benzene rings is 2. The van der Waals surface area contributed by atoms with Gasteiger partial charge in [-0.2, -0.15) is 0 Å². The van der Waals surface area contributed by atoms with Crippen LogP contribution in [0, 0.1) is 6.92 Å². The van der Waals surface area contributed by atoms with Crippen molar-refractivity contribution in [2.45, 2.75) is 33.4 Å². The molecule has 2 aromatic rings. The van der Waals surface area contributed by atoms with E-state index in [1.54, 1.807) is 0 Å². The Morgan fingerprint density at radius 2 is 1.22 bits per heavy atom. The summed E-state index contributed by atoms with van der Waals surface area (Å²) in [6.07, 6.45) is 1.12. The van der Waals surface area contributed by atoms with Gasteiger partial charge in [0.2, 0.25) is 0 Å². The summed E-state index contributed by atoms with van der Waals surface area (Å²) in [5.74, 6) is 0. The summed E-state index contributed by atoms with van der Waals surface area (Å²) in [4.78, 5) is 0. The monoisotopic (exact) mass is 254 g/mol. The van der Waals surface area contributed by atoms with E-state index in [2.05, 4.69) is 75.5 Å². The van der Waals surface area contributed by atoms with Crippen LogP contribution in [0.15, 0.2) is 48.5 Å². The van der Waals surface area contributed by atoms with Crippen LogP contribution in [0.3, 0.4) is 0 Å². The molecular formula is C17H22Si. The van der Waals surface area contributed by atoms with Gasteiger partial charge in [0.1, 0.15) is 8.07 Å². The highest BCUT2D eigenvalue weighted by molar-refractivity contribution is 7.00. The zero-order valence-corrected chi connectivity index (χ0v) is 12.8. The van der Waals surface area contributed by atoms with Crippen molar-refractivity contribution in [1.29, 1.82) is 0 Å². The second-order valence-electron chi connectivity index (χ2n) is 5.54. The molecule has 94 valence electrons. The average molecular weight is 254 g/mol. The van der Waals surface area contributed by atoms with Crippen molar-refractivity contribution < 1.29 is 0 Å². The maximum Gasteiger partial charge on any atom is 0.112 e. The van der Waals surface area contributed by atoms with Gasteiger partial charge in [-0.15, -0.1) is 0 Å². The fourth-order valence-electron chi connectivity index (χ4n) is 2.29. The molecule has 0 radical (unpaired) electrons. The van der Waals surface area contributed by atoms with Crippen LogP contribution in [0.2, 0.25) is 13.1 Å². The molecule has 0 unspecified atom stereocenters. The van der Waals surface area contributed by atoms with E-state index in [1.165, 1.54) is 21.5 Å². The van der Waals surface area contributed by atoms with Crippen molar-refractivity contribution >= 4 is 18.4 Å². The van der Waals surface area contributed by atoms with Crippen molar-refractivity contribution in [3.05, 3.63) is 59.7 Å². The third kappa shape index (κ3) is 2.56. The number of aryl methyl sites for hydroxylation is 2. The molecule has 0 fully saturated rings. The second kappa shape index (κ2) is 5.11. The van der Waals surface area contributed by atoms with E-state index >= 15 is 0 Å². The van der Waals surface area contributed by atoms with E-state index in [4.69, 9.17) is 0 Å². The van der Waals surface area contributed by atoms with Gasteiger partial charge in [-0.1, -0.05) is 84.5 Å². The van der Waals surface area contributed by atoms with Gasteiger partial charge < -0.3 is 0 Å². The molecule has 18 heavy (non-hydrogen) atoms. The van der Waals surface area contributed by atoms with Crippen molar-refractivity contribution in [2.75, 3.05) is 0 Å². The highest BCUT2D eigenvalue weighted by atomic mass is 28.3. The number of rotatable bonds is 3. The standard InChI is InChI=1S/C17H22Si/c1-5-15-8-12-17(13-9-15)18(3,4)16-10-6-14(2)7-11-16/h6-13H,5H2,1-4H3. The highest BCUT2D eigenvalue weighted by Gasteiger charge is 2.25. The summed E-state index contributed by atoms with van der Waals surface area (Å²) in [6.45, 7) is 9.21. The van der Waals surface area contributed by atoms with Crippen molar-refractivity contribution in [3.8, 4) is 0 Å². The molecule has 2 rings (SSSR count). The lowest BCUT2D eigenvalue weighted by Crippen LogP contribution is -2.52. The van der Waals surface area contributed by atoms with E-state index in [0.29, 0.717) is 0 Å². The van der Waals surface area contributed by atoms with E-state index in [9.17, 15) is 0 Å². The maximum atomic E-state index is 2.43. The van der Waals surface area contributed by atoms with Gasteiger partial charge in [-0.25, -0.2) is 0 Å². The first-order valence-electron chi connectivity index (χ1n) is 6.70. The Kier molecular flexibility index (Phi) is 3.72. The van der Waals surface area contributed by atoms with Gasteiger partial charge in [0.25, 0.3) is 0 Å². The molecule has 0 nitrogen and oxygen atoms in total. The van der Waals surface area contributed by atoms with E-state index in [0.717, 1.165) is 6.42 Å². The molecule has 0 saturated heterocycles. The lowest BCUT2D eigenvalue weighted by Gasteiger charge is -2.24. The fraction of sp³-hybridized carbons (Fsp3) is 0.294. The SMILES string of the molecule is CCc1ccc([Si](C)(C)c2ccc(C)cc2)cc1. The Labute approximate surface area is 112 Å². The third-order valence-electron chi connectivity index (χ3n) is 3.86. The molecule has 0 saturated carbocycles. The zero-order valence-electron chi connectivity index (χ0n) is 11.8. The van der Waals surface area contributed by atoms with Crippen molar-refractivity contribution in [3.63, 3.8) is 0 Å². The van der Waals surface area contributed by atoms with Crippen LogP contribution in [0.4, 0.5) is 0 Å². The van der Waals surface area contributed by atoms with Crippen LogP contribution in [-0.4, -0.2) is 8.07 Å². The summed E-state index contributed by atoms with van der Waals surface area (Å²) >= 11 is 0. The Bertz CT molecular complexity index is 506. The molecule has 0 heterocycles. The molecule has 0 aliphatic rings. The molecule has 0 N–H and O–H groups in total. The van der Waals surface area contributed by atoms with Crippen LogP contribution >= 0.6 is 0 Å². The predicted octanol–water partition coefficient (Wildman–Crippen LogP) is 3.38. The van der Waals surface area contributed by atoms with Crippen LogP contribution in [0.5, 0.6) is 0 Å². The lowest BCUT2D eigenvalue weighted by atomic mass is 10.2. The zero-order chi connectivity index (χ0) is 13.2. The highest BCUT2D eigenvalue weighted by Crippen LogP contribution is 2.07. The van der Waals surface area contributed by atoms with Crippen LogP contribution in [-0.2, 0) is 6.42 Å². The molecule has 0 aliphatic heterocycles. The third-order valence-corrected chi connectivity index (χ3v) is 7.41. The Balaban J connectivity index is 2.37. The summed E-state index contributed by atoms with van der Waals surface area (Å²) < 4.78 is 0. The van der Waals surface area contributed by atoms with Gasteiger partial charge in [-0.3, -0.25) is 0 Å². The predicted molar refractivity (Wildman–Crippen MR) is 83.7 cm³/mol. The molecule has 2 aromatic carbocycles. The first-order valence-corrected chi connectivity index (χ1v) is 9.70. The molecule has 0 bridgehead atoms. The summed E-state index contributed by atoms with van der Waals surface area (Å²) in [5.41, 5.74) is 2.76. The smallest absolute Gasteiger partial charge is 0.0623 e. The molecule has 0 spiro atoms. The second-order valence-corrected chi connectivity index (χ2v) is 9.95. The Hall–Kier alpha value is -1.34. The Morgan fingerprint density at radius 1 is 0.778 bits per heavy atom. The van der Waals surface area contributed by atoms with Gasteiger partial charge in [0.05, 0.1) is 0 Å². The van der Waals surface area contributed by atoms with E-state index < -0.39 is 8.07 Å². The van der Waals surface area contributed by atoms with Gasteiger partial charge in [0, 0.05) is 0 Å².